The fraction of sp³-hybridized carbons (Fsp3) is 0.600. The molecule has 1 aliphatic heterocycles. The lowest BCUT2D eigenvalue weighted by Gasteiger charge is -2.26. The second-order valence-corrected chi connectivity index (χ2v) is 4.96. The van der Waals surface area contributed by atoms with Gasteiger partial charge in [-0.25, -0.2) is 0 Å². The number of methoxy groups -OCH3 is 1. The highest BCUT2D eigenvalue weighted by molar-refractivity contribution is 5.44. The summed E-state index contributed by atoms with van der Waals surface area (Å²) in [4.78, 5) is 0. The van der Waals surface area contributed by atoms with Crippen molar-refractivity contribution in [3.63, 3.8) is 0 Å². The normalized spacial score (nSPS) is 17.4. The Kier molecular flexibility index (Phi) is 5.64. The number of ether oxygens (including phenoxy) is 3. The SMILES string of the molecule is CCCC(OC)C(NN)c1ccc2c(c1)OCCCO2. The summed E-state index contributed by atoms with van der Waals surface area (Å²) < 4.78 is 16.9. The molecule has 0 saturated carbocycles. The van der Waals surface area contributed by atoms with Crippen LogP contribution < -0.4 is 20.7 Å². The molecule has 5 nitrogen and oxygen atoms in total. The summed E-state index contributed by atoms with van der Waals surface area (Å²) in [5, 5.41) is 0. The second-order valence-electron chi connectivity index (χ2n) is 4.96. The van der Waals surface area contributed by atoms with E-state index in [9.17, 15) is 0 Å². The van der Waals surface area contributed by atoms with E-state index in [4.69, 9.17) is 20.1 Å². The summed E-state index contributed by atoms with van der Waals surface area (Å²) in [6.45, 7) is 3.51. The van der Waals surface area contributed by atoms with Crippen molar-refractivity contribution in [1.29, 1.82) is 0 Å². The average Bonchev–Trinajstić information content (AvgIpc) is 2.71. The maximum absolute atomic E-state index is 5.72. The first kappa shape index (κ1) is 15.1. The van der Waals surface area contributed by atoms with E-state index < -0.39 is 0 Å². The lowest BCUT2D eigenvalue weighted by molar-refractivity contribution is 0.0605. The Hall–Kier alpha value is -1.30. The predicted molar refractivity (Wildman–Crippen MR) is 77.8 cm³/mol. The molecule has 0 aromatic heterocycles. The third-order valence-electron chi connectivity index (χ3n) is 3.56. The molecular weight excluding hydrogens is 256 g/mol. The molecule has 3 N–H and O–H groups in total. The second kappa shape index (κ2) is 7.47. The van der Waals surface area contributed by atoms with E-state index >= 15 is 0 Å². The van der Waals surface area contributed by atoms with Crippen LogP contribution in [-0.2, 0) is 4.74 Å². The summed E-state index contributed by atoms with van der Waals surface area (Å²) in [5.74, 6) is 7.30. The average molecular weight is 280 g/mol. The largest absolute Gasteiger partial charge is 0.490 e. The van der Waals surface area contributed by atoms with Crippen LogP contribution in [0.5, 0.6) is 11.5 Å². The summed E-state index contributed by atoms with van der Waals surface area (Å²) in [6.07, 6.45) is 2.93. The van der Waals surface area contributed by atoms with E-state index in [1.807, 2.05) is 18.2 Å². The third kappa shape index (κ3) is 3.42. The summed E-state index contributed by atoms with van der Waals surface area (Å²) in [7, 11) is 1.72. The van der Waals surface area contributed by atoms with Crippen LogP contribution in [0.4, 0.5) is 0 Å². The molecule has 1 aliphatic rings. The van der Waals surface area contributed by atoms with Gasteiger partial charge in [-0.05, 0) is 24.1 Å². The zero-order valence-corrected chi connectivity index (χ0v) is 12.2. The van der Waals surface area contributed by atoms with Gasteiger partial charge in [0.1, 0.15) is 0 Å². The highest BCUT2D eigenvalue weighted by atomic mass is 16.5. The van der Waals surface area contributed by atoms with Crippen LogP contribution >= 0.6 is 0 Å². The van der Waals surface area contributed by atoms with Gasteiger partial charge in [-0.2, -0.15) is 0 Å². The van der Waals surface area contributed by atoms with Gasteiger partial charge in [0.2, 0.25) is 0 Å². The molecule has 5 heteroatoms. The van der Waals surface area contributed by atoms with Crippen molar-refractivity contribution < 1.29 is 14.2 Å². The molecule has 2 atom stereocenters. The van der Waals surface area contributed by atoms with Crippen LogP contribution in [0.1, 0.15) is 37.8 Å². The fourth-order valence-electron chi connectivity index (χ4n) is 2.50. The fourth-order valence-corrected chi connectivity index (χ4v) is 2.50. The monoisotopic (exact) mass is 280 g/mol. The topological polar surface area (TPSA) is 65.7 Å². The molecule has 0 spiro atoms. The predicted octanol–water partition coefficient (Wildman–Crippen LogP) is 2.17. The van der Waals surface area contributed by atoms with E-state index in [-0.39, 0.29) is 12.1 Å². The van der Waals surface area contributed by atoms with Gasteiger partial charge in [0.25, 0.3) is 0 Å². The zero-order valence-electron chi connectivity index (χ0n) is 12.2. The third-order valence-corrected chi connectivity index (χ3v) is 3.56. The van der Waals surface area contributed by atoms with Gasteiger partial charge >= 0.3 is 0 Å². The number of hydrogen-bond donors (Lipinski definition) is 2. The molecule has 112 valence electrons. The van der Waals surface area contributed by atoms with E-state index in [2.05, 4.69) is 12.3 Å². The Labute approximate surface area is 120 Å². The quantitative estimate of drug-likeness (QED) is 0.617. The smallest absolute Gasteiger partial charge is 0.161 e. The number of benzene rings is 1. The summed E-state index contributed by atoms with van der Waals surface area (Å²) >= 11 is 0. The van der Waals surface area contributed by atoms with Gasteiger partial charge in [0, 0.05) is 13.5 Å². The molecule has 20 heavy (non-hydrogen) atoms. The van der Waals surface area contributed by atoms with E-state index in [0.29, 0.717) is 13.2 Å². The van der Waals surface area contributed by atoms with Crippen molar-refractivity contribution in [2.75, 3.05) is 20.3 Å². The van der Waals surface area contributed by atoms with Gasteiger partial charge in [-0.1, -0.05) is 19.4 Å². The molecule has 1 heterocycles. The van der Waals surface area contributed by atoms with Crippen LogP contribution in [0.2, 0.25) is 0 Å². The van der Waals surface area contributed by atoms with Crippen molar-refractivity contribution in [3.05, 3.63) is 23.8 Å². The number of hydrogen-bond acceptors (Lipinski definition) is 5. The summed E-state index contributed by atoms with van der Waals surface area (Å²) in [6, 6.07) is 5.89. The Bertz CT molecular complexity index is 426. The Morgan fingerprint density at radius 2 is 2.05 bits per heavy atom. The lowest BCUT2D eigenvalue weighted by atomic mass is 9.98. The van der Waals surface area contributed by atoms with Gasteiger partial charge in [-0.15, -0.1) is 0 Å². The van der Waals surface area contributed by atoms with Crippen molar-refractivity contribution in [2.24, 2.45) is 5.84 Å². The maximum atomic E-state index is 5.72. The molecule has 0 fully saturated rings. The van der Waals surface area contributed by atoms with Crippen LogP contribution in [0.25, 0.3) is 0 Å². The molecule has 0 bridgehead atoms. The first-order valence-electron chi connectivity index (χ1n) is 7.18. The molecule has 0 saturated heterocycles. The van der Waals surface area contributed by atoms with Crippen LogP contribution in [0, 0.1) is 0 Å². The van der Waals surface area contributed by atoms with Crippen LogP contribution in [0.15, 0.2) is 18.2 Å². The number of fused-ring (bicyclic) bond motifs is 1. The highest BCUT2D eigenvalue weighted by Crippen LogP contribution is 2.33. The van der Waals surface area contributed by atoms with Gasteiger partial charge in [0.15, 0.2) is 11.5 Å². The number of rotatable bonds is 6. The van der Waals surface area contributed by atoms with E-state index in [1.165, 1.54) is 0 Å². The minimum atomic E-state index is -0.0582. The molecule has 0 radical (unpaired) electrons. The highest BCUT2D eigenvalue weighted by Gasteiger charge is 2.23. The van der Waals surface area contributed by atoms with Gasteiger partial charge in [0.05, 0.1) is 25.4 Å². The molecular formula is C15H24N2O3. The van der Waals surface area contributed by atoms with Crippen molar-refractivity contribution >= 4 is 0 Å². The number of hydrazine groups is 1. The molecule has 2 unspecified atom stereocenters. The minimum Gasteiger partial charge on any atom is -0.490 e. The first-order valence-corrected chi connectivity index (χ1v) is 7.18. The minimum absolute atomic E-state index is 0.0368. The molecule has 0 aliphatic carbocycles. The Morgan fingerprint density at radius 1 is 1.30 bits per heavy atom. The summed E-state index contributed by atoms with van der Waals surface area (Å²) in [5.41, 5.74) is 3.91. The Morgan fingerprint density at radius 3 is 2.70 bits per heavy atom. The standard InChI is InChI=1S/C15H24N2O3/c1-3-5-13(18-2)15(17-16)11-6-7-12-14(10-11)20-9-4-8-19-12/h6-7,10,13,15,17H,3-5,8-9,16H2,1-2H3. The molecule has 2 rings (SSSR count). The van der Waals surface area contributed by atoms with Crippen LogP contribution in [-0.4, -0.2) is 26.4 Å². The molecule has 1 aromatic carbocycles. The zero-order chi connectivity index (χ0) is 14.4. The lowest BCUT2D eigenvalue weighted by Crippen LogP contribution is -2.37. The van der Waals surface area contributed by atoms with Crippen LogP contribution in [0.3, 0.4) is 0 Å². The molecule has 1 aromatic rings. The van der Waals surface area contributed by atoms with Crippen molar-refractivity contribution in [3.8, 4) is 11.5 Å². The molecule has 0 amide bonds. The van der Waals surface area contributed by atoms with Crippen molar-refractivity contribution in [1.82, 2.24) is 5.43 Å². The first-order chi connectivity index (χ1) is 9.80. The van der Waals surface area contributed by atoms with Gasteiger partial charge in [-0.3, -0.25) is 11.3 Å². The number of nitrogens with two attached hydrogens (primary N) is 1. The maximum Gasteiger partial charge on any atom is 0.161 e. The van der Waals surface area contributed by atoms with Gasteiger partial charge < -0.3 is 14.2 Å². The Balaban J connectivity index is 2.23. The van der Waals surface area contributed by atoms with E-state index in [0.717, 1.165) is 36.3 Å². The van der Waals surface area contributed by atoms with Crippen molar-refractivity contribution in [2.45, 2.75) is 38.3 Å². The number of nitrogens with one attached hydrogen (secondary N) is 1. The van der Waals surface area contributed by atoms with E-state index in [1.54, 1.807) is 7.11 Å².